The van der Waals surface area contributed by atoms with Crippen molar-refractivity contribution in [3.8, 4) is 0 Å². The molecule has 0 spiro atoms. The van der Waals surface area contributed by atoms with Crippen LogP contribution in [0, 0.1) is 0 Å². The molecular weight excluding hydrogens is 1070 g/mol. The smallest absolute Gasteiger partial charge is 0.462 e. The number of rotatable bonds is 61. The lowest BCUT2D eigenvalue weighted by Crippen LogP contribution is -2.30. The number of hydrogen-bond donors (Lipinski definition) is 2. The lowest BCUT2D eigenvalue weighted by molar-refractivity contribution is -0.161. The molecule has 3 atom stereocenters. The van der Waals surface area contributed by atoms with Crippen LogP contribution in [0.25, 0.3) is 0 Å². The second-order valence-corrected chi connectivity index (χ2v) is 23.3. The van der Waals surface area contributed by atoms with Crippen molar-refractivity contribution in [3.05, 3.63) is 122 Å². The van der Waals surface area contributed by atoms with Gasteiger partial charge in [-0.15, -0.1) is 0 Å². The highest BCUT2D eigenvalue weighted by atomic mass is 31.2. The normalized spacial score (nSPS) is 14.0. The fourth-order valence-corrected chi connectivity index (χ4v) is 9.67. The van der Waals surface area contributed by atoms with Crippen molar-refractivity contribution in [3.63, 3.8) is 0 Å². The minimum Gasteiger partial charge on any atom is -0.462 e. The highest BCUT2D eigenvalue weighted by molar-refractivity contribution is 7.47. The first kappa shape index (κ1) is 79.9. The van der Waals surface area contributed by atoms with Crippen LogP contribution in [0.15, 0.2) is 122 Å². The number of unbranched alkanes of at least 4 members (excludes halogenated alkanes) is 24. The summed E-state index contributed by atoms with van der Waals surface area (Å²) in [6, 6.07) is 0. The summed E-state index contributed by atoms with van der Waals surface area (Å²) in [6.45, 7) is 4.38. The standard InChI is InChI=1S/C72H121O11P/c1-4-7-10-13-16-19-22-25-28-31-34-37-40-43-46-49-52-55-58-61-70(74)79-65-69(83-72(76)63-60-57-54-51-48-45-42-39-36-33-30-27-24-21-18-15-12-9-6-3)67-81-84(77,78)80-66-68(64-73)82-71(75)62-59-56-53-50-47-44-41-38-35-32-29-26-23-20-17-14-11-8-5-2/h8-9,11-12,17-18,20-21,26-27,29-30,35-36,38-39,44-45,47-48,68-69,73H,4-7,10,13-16,19,22-25,28,31-34,37,40-43,46,49-67H2,1-3H3,(H,77,78)/b11-8-,12-9-,20-17-,21-18-,29-26-,30-27-,38-35-,39-36-,47-44-,48-45-. The number of phosphoric acid groups is 1. The van der Waals surface area contributed by atoms with Crippen LogP contribution in [0.1, 0.15) is 278 Å². The number of carbonyl (C=O) groups excluding carboxylic acids is 3. The Labute approximate surface area is 513 Å². The maximum absolute atomic E-state index is 13.0. The molecule has 12 heteroatoms. The van der Waals surface area contributed by atoms with E-state index in [9.17, 15) is 28.9 Å². The van der Waals surface area contributed by atoms with Crippen LogP contribution >= 0.6 is 7.82 Å². The van der Waals surface area contributed by atoms with E-state index >= 15 is 0 Å². The lowest BCUT2D eigenvalue weighted by atomic mass is 10.0. The zero-order chi connectivity index (χ0) is 61.2. The van der Waals surface area contributed by atoms with Gasteiger partial charge in [0.25, 0.3) is 0 Å². The SMILES string of the molecule is CC/C=C\C/C=C\C/C=C\C/C=C\C/C=C\CCCCCC(=O)OC(CO)COP(=O)(O)OCC(COC(=O)CCCCCCCCCCCCCCCCCCCCC)OC(=O)CCCCC/C=C\C/C=C\C/C=C\C/C=C\C/C=C\CC. The van der Waals surface area contributed by atoms with Crippen LogP contribution in [0.5, 0.6) is 0 Å². The van der Waals surface area contributed by atoms with Crippen LogP contribution in [-0.2, 0) is 42.2 Å². The Balaban J connectivity index is 4.78. The molecule has 0 fully saturated rings. The van der Waals surface area contributed by atoms with Gasteiger partial charge in [-0.3, -0.25) is 23.4 Å². The molecule has 84 heavy (non-hydrogen) atoms. The van der Waals surface area contributed by atoms with E-state index in [2.05, 4.69) is 142 Å². The Morgan fingerprint density at radius 1 is 0.345 bits per heavy atom. The van der Waals surface area contributed by atoms with E-state index in [1.807, 2.05) is 0 Å². The van der Waals surface area contributed by atoms with Gasteiger partial charge in [0, 0.05) is 19.3 Å². The Morgan fingerprint density at radius 3 is 0.952 bits per heavy atom. The Bertz CT molecular complexity index is 1870. The molecule has 0 heterocycles. The molecular formula is C72H121O11P. The predicted molar refractivity (Wildman–Crippen MR) is 353 cm³/mol. The van der Waals surface area contributed by atoms with Gasteiger partial charge in [-0.05, 0) is 109 Å². The molecule has 0 amide bonds. The molecule has 3 unspecified atom stereocenters. The van der Waals surface area contributed by atoms with Gasteiger partial charge in [-0.2, -0.15) is 0 Å². The van der Waals surface area contributed by atoms with Crippen molar-refractivity contribution >= 4 is 25.7 Å². The van der Waals surface area contributed by atoms with E-state index in [1.165, 1.54) is 96.3 Å². The molecule has 11 nitrogen and oxygen atoms in total. The third-order valence-electron chi connectivity index (χ3n) is 13.9. The zero-order valence-corrected chi connectivity index (χ0v) is 54.2. The Hall–Kier alpha value is -4.12. The monoisotopic (exact) mass is 1190 g/mol. The molecule has 0 saturated carbocycles. The summed E-state index contributed by atoms with van der Waals surface area (Å²) in [6.07, 6.45) is 81.5. The minimum atomic E-state index is -4.78. The van der Waals surface area contributed by atoms with E-state index in [0.29, 0.717) is 19.3 Å². The molecule has 0 radical (unpaired) electrons. The molecule has 0 aromatic heterocycles. The van der Waals surface area contributed by atoms with E-state index in [0.717, 1.165) is 122 Å². The van der Waals surface area contributed by atoms with E-state index < -0.39 is 57.8 Å². The van der Waals surface area contributed by atoms with Crippen LogP contribution in [0.4, 0.5) is 0 Å². The van der Waals surface area contributed by atoms with Crippen LogP contribution in [-0.4, -0.2) is 66.5 Å². The number of carbonyl (C=O) groups is 3. The van der Waals surface area contributed by atoms with Crippen molar-refractivity contribution < 1.29 is 52.2 Å². The van der Waals surface area contributed by atoms with E-state index in [1.54, 1.807) is 0 Å². The summed E-state index contributed by atoms with van der Waals surface area (Å²) in [7, 11) is -4.78. The van der Waals surface area contributed by atoms with Crippen molar-refractivity contribution in [2.45, 2.75) is 290 Å². The average molecular weight is 1190 g/mol. The van der Waals surface area contributed by atoms with Gasteiger partial charge in [-0.1, -0.05) is 271 Å². The molecule has 480 valence electrons. The molecule has 0 aliphatic heterocycles. The quantitative estimate of drug-likeness (QED) is 0.0197. The fraction of sp³-hybridized carbons (Fsp3) is 0.681. The van der Waals surface area contributed by atoms with Gasteiger partial charge in [0.15, 0.2) is 6.10 Å². The second-order valence-electron chi connectivity index (χ2n) is 21.9. The van der Waals surface area contributed by atoms with Crippen LogP contribution in [0.3, 0.4) is 0 Å². The summed E-state index contributed by atoms with van der Waals surface area (Å²) < 4.78 is 39.7. The summed E-state index contributed by atoms with van der Waals surface area (Å²) in [5.41, 5.74) is 0. The third kappa shape index (κ3) is 62.4. The number of phosphoric ester groups is 1. The van der Waals surface area contributed by atoms with Crippen molar-refractivity contribution in [2.75, 3.05) is 26.4 Å². The molecule has 0 aliphatic rings. The number of aliphatic hydroxyl groups excluding tert-OH is 1. The molecule has 0 aromatic carbocycles. The van der Waals surface area contributed by atoms with Gasteiger partial charge < -0.3 is 24.2 Å². The van der Waals surface area contributed by atoms with Crippen molar-refractivity contribution in [2.24, 2.45) is 0 Å². The second kappa shape index (κ2) is 64.9. The molecule has 2 N–H and O–H groups in total. The number of allylic oxidation sites excluding steroid dienone is 20. The van der Waals surface area contributed by atoms with Gasteiger partial charge in [0.05, 0.1) is 19.8 Å². The first-order chi connectivity index (χ1) is 41.2. The number of hydrogen-bond acceptors (Lipinski definition) is 10. The predicted octanol–water partition coefficient (Wildman–Crippen LogP) is 20.7. The molecule has 0 bridgehead atoms. The molecule has 0 rings (SSSR count). The first-order valence-electron chi connectivity index (χ1n) is 33.4. The summed E-state index contributed by atoms with van der Waals surface area (Å²) in [5.74, 6) is -1.53. The fourth-order valence-electron chi connectivity index (χ4n) is 8.88. The number of aliphatic hydroxyl groups is 1. The summed E-state index contributed by atoms with van der Waals surface area (Å²) >= 11 is 0. The van der Waals surface area contributed by atoms with Crippen LogP contribution < -0.4 is 0 Å². The maximum Gasteiger partial charge on any atom is 0.472 e. The third-order valence-corrected chi connectivity index (χ3v) is 14.8. The maximum atomic E-state index is 13.0. The Morgan fingerprint density at radius 2 is 0.619 bits per heavy atom. The van der Waals surface area contributed by atoms with Gasteiger partial charge in [0.1, 0.15) is 12.7 Å². The molecule has 0 aliphatic carbocycles. The topological polar surface area (TPSA) is 155 Å². The first-order valence-corrected chi connectivity index (χ1v) is 34.9. The van der Waals surface area contributed by atoms with Gasteiger partial charge in [-0.25, -0.2) is 4.57 Å². The number of ether oxygens (including phenoxy) is 3. The lowest BCUT2D eigenvalue weighted by Gasteiger charge is -2.21. The molecule has 0 aromatic rings. The number of esters is 3. The van der Waals surface area contributed by atoms with Crippen LogP contribution in [0.2, 0.25) is 0 Å². The average Bonchev–Trinajstić information content (AvgIpc) is 3.54. The highest BCUT2D eigenvalue weighted by Crippen LogP contribution is 2.43. The van der Waals surface area contributed by atoms with E-state index in [4.69, 9.17) is 23.3 Å². The van der Waals surface area contributed by atoms with Gasteiger partial charge in [0.2, 0.25) is 0 Å². The Kier molecular flexibility index (Phi) is 61.7. The molecule has 0 saturated heterocycles. The van der Waals surface area contributed by atoms with E-state index in [-0.39, 0.29) is 25.9 Å². The van der Waals surface area contributed by atoms with Gasteiger partial charge >= 0.3 is 25.7 Å². The minimum absolute atomic E-state index is 0.122. The van der Waals surface area contributed by atoms with Crippen molar-refractivity contribution in [1.82, 2.24) is 0 Å². The zero-order valence-electron chi connectivity index (χ0n) is 53.3. The van der Waals surface area contributed by atoms with Crippen molar-refractivity contribution in [1.29, 1.82) is 0 Å². The largest absolute Gasteiger partial charge is 0.472 e. The summed E-state index contributed by atoms with van der Waals surface area (Å²) in [4.78, 5) is 48.8. The highest BCUT2D eigenvalue weighted by Gasteiger charge is 2.28. The summed E-state index contributed by atoms with van der Waals surface area (Å²) in [5, 5.41) is 9.87.